The smallest absolute Gasteiger partial charge is 0.221 e. The molecule has 12 heteroatoms. The molecule has 0 amide bonds. The molecule has 34 heavy (non-hydrogen) atoms. The predicted molar refractivity (Wildman–Crippen MR) is 126 cm³/mol. The van der Waals surface area contributed by atoms with Crippen molar-refractivity contribution in [3.05, 3.63) is 29.7 Å². The van der Waals surface area contributed by atoms with Crippen LogP contribution in [0.4, 0.5) is 11.5 Å². The molecule has 1 N–H and O–H groups in total. The van der Waals surface area contributed by atoms with Gasteiger partial charge in [-0.2, -0.15) is 0 Å². The largest absolute Gasteiger partial charge is 0.474 e. The van der Waals surface area contributed by atoms with Gasteiger partial charge in [0.25, 0.3) is 0 Å². The Bertz CT molecular complexity index is 1300. The quantitative estimate of drug-likeness (QED) is 0.572. The van der Waals surface area contributed by atoms with E-state index >= 15 is 0 Å². The highest BCUT2D eigenvalue weighted by molar-refractivity contribution is 7.92. The number of nitrogens with one attached hydrogen (secondary N) is 1. The molecule has 3 aliphatic rings. The highest BCUT2D eigenvalue weighted by Crippen LogP contribution is 2.35. The zero-order chi connectivity index (χ0) is 24.1. The molecule has 3 fully saturated rings. The predicted octanol–water partition coefficient (Wildman–Crippen LogP) is 2.50. The number of hydrogen-bond donors (Lipinski definition) is 1. The minimum atomic E-state index is -3.35. The third kappa shape index (κ3) is 4.63. The second-order valence-corrected chi connectivity index (χ2v) is 13.7. The lowest BCUT2D eigenvalue weighted by Gasteiger charge is -2.31. The Morgan fingerprint density at radius 3 is 2.24 bits per heavy atom. The van der Waals surface area contributed by atoms with Gasteiger partial charge in [0.1, 0.15) is 18.2 Å². The number of sulfone groups is 1. The second-order valence-electron chi connectivity index (χ2n) is 9.26. The number of aromatic nitrogens is 3. The van der Waals surface area contributed by atoms with Crippen LogP contribution in [0.25, 0.3) is 0 Å². The molecule has 0 unspecified atom stereocenters. The maximum atomic E-state index is 12.5. The van der Waals surface area contributed by atoms with Crippen LogP contribution < -0.4 is 10.1 Å². The summed E-state index contributed by atoms with van der Waals surface area (Å²) in [6.07, 6.45) is 5.43. The molecule has 3 heterocycles. The van der Waals surface area contributed by atoms with Gasteiger partial charge in [0.05, 0.1) is 27.4 Å². The lowest BCUT2D eigenvalue weighted by molar-refractivity contribution is 0.129. The Kier molecular flexibility index (Phi) is 6.01. The monoisotopic (exact) mass is 507 g/mol. The van der Waals surface area contributed by atoms with Crippen LogP contribution in [-0.4, -0.2) is 65.8 Å². The van der Waals surface area contributed by atoms with Gasteiger partial charge in [-0.05, 0) is 64.5 Å². The standard InChI is InChI=1S/C22H29N5O5S2/c1-14-21(26-19-7-8-20(25-15(19)2)33(28,29)17-3-4-17)23-13-24-22(14)32-16-9-11-27(12-10-16)34(30,31)18-5-6-18/h7-8,13,16-18H,3-6,9-12H2,1-2H3,(H,23,24,26). The van der Waals surface area contributed by atoms with E-state index in [0.29, 0.717) is 67.4 Å². The molecule has 0 bridgehead atoms. The van der Waals surface area contributed by atoms with Crippen LogP contribution in [0.1, 0.15) is 49.8 Å². The van der Waals surface area contributed by atoms with Gasteiger partial charge in [0.2, 0.25) is 15.9 Å². The van der Waals surface area contributed by atoms with E-state index in [1.165, 1.54) is 12.4 Å². The lowest BCUT2D eigenvalue weighted by Crippen LogP contribution is -2.43. The fourth-order valence-corrected chi connectivity index (χ4v) is 7.62. The van der Waals surface area contributed by atoms with E-state index in [2.05, 4.69) is 20.3 Å². The highest BCUT2D eigenvalue weighted by Gasteiger charge is 2.41. The number of rotatable bonds is 8. The third-order valence-electron chi connectivity index (χ3n) is 6.59. The molecule has 1 aliphatic heterocycles. The number of sulfonamides is 1. The molecule has 0 spiro atoms. The molecule has 2 aromatic rings. The normalized spacial score (nSPS) is 20.3. The van der Waals surface area contributed by atoms with Crippen molar-refractivity contribution in [3.8, 4) is 5.88 Å². The van der Waals surface area contributed by atoms with Crippen LogP contribution in [0.2, 0.25) is 0 Å². The van der Waals surface area contributed by atoms with E-state index in [-0.39, 0.29) is 21.6 Å². The van der Waals surface area contributed by atoms with Crippen LogP contribution in [0, 0.1) is 13.8 Å². The molecule has 2 saturated carbocycles. The van der Waals surface area contributed by atoms with Crippen molar-refractivity contribution in [1.29, 1.82) is 0 Å². The summed E-state index contributed by atoms with van der Waals surface area (Å²) in [7, 11) is -6.50. The first-order valence-corrected chi connectivity index (χ1v) is 14.7. The van der Waals surface area contributed by atoms with Crippen LogP contribution in [-0.2, 0) is 19.9 Å². The molecule has 2 aliphatic carbocycles. The minimum absolute atomic E-state index is 0.108. The first-order chi connectivity index (χ1) is 16.2. The minimum Gasteiger partial charge on any atom is -0.474 e. The molecule has 10 nitrogen and oxygen atoms in total. The van der Waals surface area contributed by atoms with Gasteiger partial charge in [-0.25, -0.2) is 36.1 Å². The zero-order valence-corrected chi connectivity index (χ0v) is 20.9. The zero-order valence-electron chi connectivity index (χ0n) is 19.3. The van der Waals surface area contributed by atoms with Crippen molar-refractivity contribution in [1.82, 2.24) is 19.3 Å². The average Bonchev–Trinajstić information content (AvgIpc) is 3.70. The van der Waals surface area contributed by atoms with Crippen LogP contribution in [0.15, 0.2) is 23.5 Å². The van der Waals surface area contributed by atoms with Crippen LogP contribution in [0.3, 0.4) is 0 Å². The van der Waals surface area contributed by atoms with Gasteiger partial charge in [-0.15, -0.1) is 0 Å². The lowest BCUT2D eigenvalue weighted by atomic mass is 10.1. The van der Waals surface area contributed by atoms with Gasteiger partial charge < -0.3 is 10.1 Å². The Labute approximate surface area is 200 Å². The molecular formula is C22H29N5O5S2. The topological polar surface area (TPSA) is 131 Å². The fraction of sp³-hybridized carbons (Fsp3) is 0.591. The number of ether oxygens (including phenoxy) is 1. The van der Waals surface area contributed by atoms with Gasteiger partial charge >= 0.3 is 0 Å². The molecule has 184 valence electrons. The Morgan fingerprint density at radius 2 is 1.62 bits per heavy atom. The van der Waals surface area contributed by atoms with Gasteiger partial charge in [-0.1, -0.05) is 0 Å². The molecular weight excluding hydrogens is 478 g/mol. The number of piperidine rings is 1. The van der Waals surface area contributed by atoms with E-state index in [4.69, 9.17) is 4.74 Å². The summed E-state index contributed by atoms with van der Waals surface area (Å²) in [5.41, 5.74) is 1.93. The van der Waals surface area contributed by atoms with Crippen molar-refractivity contribution >= 4 is 31.4 Å². The average molecular weight is 508 g/mol. The van der Waals surface area contributed by atoms with E-state index in [9.17, 15) is 16.8 Å². The number of nitrogens with zero attached hydrogens (tertiary/aromatic N) is 4. The molecule has 5 rings (SSSR count). The number of anilines is 2. The van der Waals surface area contributed by atoms with E-state index in [1.807, 2.05) is 6.92 Å². The molecule has 0 atom stereocenters. The third-order valence-corrected chi connectivity index (χ3v) is 11.1. The van der Waals surface area contributed by atoms with Gasteiger partial charge in [0.15, 0.2) is 14.9 Å². The molecule has 1 saturated heterocycles. The molecule has 0 aromatic carbocycles. The van der Waals surface area contributed by atoms with Crippen molar-refractivity contribution in [2.45, 2.75) is 74.0 Å². The number of hydrogen-bond acceptors (Lipinski definition) is 9. The first kappa shape index (κ1) is 23.4. The Hall–Kier alpha value is -2.31. The fourth-order valence-electron chi connectivity index (χ4n) is 4.12. The van der Waals surface area contributed by atoms with Crippen molar-refractivity contribution < 1.29 is 21.6 Å². The van der Waals surface area contributed by atoms with Crippen molar-refractivity contribution in [2.75, 3.05) is 18.4 Å². The molecule has 0 radical (unpaired) electrons. The maximum Gasteiger partial charge on any atom is 0.221 e. The maximum absolute atomic E-state index is 12.5. The van der Waals surface area contributed by atoms with E-state index in [0.717, 1.165) is 12.8 Å². The summed E-state index contributed by atoms with van der Waals surface area (Å²) in [6, 6.07) is 3.23. The Balaban J connectivity index is 1.25. The van der Waals surface area contributed by atoms with E-state index < -0.39 is 19.9 Å². The van der Waals surface area contributed by atoms with Crippen molar-refractivity contribution in [3.63, 3.8) is 0 Å². The van der Waals surface area contributed by atoms with E-state index in [1.54, 1.807) is 17.3 Å². The number of aryl methyl sites for hydroxylation is 1. The summed E-state index contributed by atoms with van der Waals surface area (Å²) in [5, 5.41) is 2.83. The second kappa shape index (κ2) is 8.72. The van der Waals surface area contributed by atoms with Crippen molar-refractivity contribution in [2.24, 2.45) is 0 Å². The molecule has 2 aromatic heterocycles. The summed E-state index contributed by atoms with van der Waals surface area (Å²) in [4.78, 5) is 12.9. The first-order valence-electron chi connectivity index (χ1n) is 11.6. The highest BCUT2D eigenvalue weighted by atomic mass is 32.2. The SMILES string of the molecule is Cc1nc(S(=O)(=O)C2CC2)ccc1Nc1ncnc(OC2CCN(S(=O)(=O)C3CC3)CC2)c1C. The Morgan fingerprint density at radius 1 is 0.941 bits per heavy atom. The van der Waals surface area contributed by atoms with Gasteiger partial charge in [-0.3, -0.25) is 0 Å². The summed E-state index contributed by atoms with van der Waals surface area (Å²) >= 11 is 0. The summed E-state index contributed by atoms with van der Waals surface area (Å²) in [5.74, 6) is 0.987. The van der Waals surface area contributed by atoms with Crippen LogP contribution in [0.5, 0.6) is 5.88 Å². The van der Waals surface area contributed by atoms with Crippen LogP contribution >= 0.6 is 0 Å². The summed E-state index contributed by atoms with van der Waals surface area (Å²) in [6.45, 7) is 4.52. The number of pyridine rings is 1. The van der Waals surface area contributed by atoms with Gasteiger partial charge in [0, 0.05) is 13.1 Å². The summed E-state index contributed by atoms with van der Waals surface area (Å²) < 4.78 is 57.5.